The van der Waals surface area contributed by atoms with E-state index in [9.17, 15) is 4.39 Å². The Morgan fingerprint density at radius 2 is 2.05 bits per heavy atom. The fraction of sp³-hybridized carbons (Fsp3) is 0.625. The lowest BCUT2D eigenvalue weighted by Gasteiger charge is -2.21. The summed E-state index contributed by atoms with van der Waals surface area (Å²) in [5.41, 5.74) is 0.957. The Hall–Kier alpha value is -0.450. The minimum absolute atomic E-state index is 0.189. The molecule has 4 heteroatoms. The monoisotopic (exact) mass is 343 g/mol. The van der Waals surface area contributed by atoms with Gasteiger partial charge in [-0.15, -0.1) is 0 Å². The van der Waals surface area contributed by atoms with E-state index in [0.29, 0.717) is 12.6 Å². The van der Waals surface area contributed by atoms with Crippen LogP contribution in [0.1, 0.15) is 44.1 Å². The van der Waals surface area contributed by atoms with E-state index in [4.69, 9.17) is 4.74 Å². The highest BCUT2D eigenvalue weighted by Crippen LogP contribution is 2.20. The highest BCUT2D eigenvalue weighted by Gasteiger charge is 2.12. The Labute approximate surface area is 129 Å². The van der Waals surface area contributed by atoms with E-state index in [1.54, 1.807) is 12.1 Å². The van der Waals surface area contributed by atoms with Crippen molar-refractivity contribution in [1.29, 1.82) is 0 Å². The van der Waals surface area contributed by atoms with E-state index < -0.39 is 0 Å². The molecule has 0 bridgehead atoms. The van der Waals surface area contributed by atoms with Crippen LogP contribution in [0.3, 0.4) is 0 Å². The number of halogens is 2. The van der Waals surface area contributed by atoms with Gasteiger partial charge in [-0.1, -0.05) is 35.2 Å². The van der Waals surface area contributed by atoms with Crippen LogP contribution >= 0.6 is 15.9 Å². The van der Waals surface area contributed by atoms with Gasteiger partial charge in [-0.2, -0.15) is 0 Å². The molecule has 1 aromatic rings. The smallest absolute Gasteiger partial charge is 0.123 e. The summed E-state index contributed by atoms with van der Waals surface area (Å²) < 4.78 is 19.9. The predicted octanol–water partition coefficient (Wildman–Crippen LogP) is 4.42. The zero-order valence-electron chi connectivity index (χ0n) is 11.8. The lowest BCUT2D eigenvalue weighted by molar-refractivity contribution is 0.0273. The van der Waals surface area contributed by atoms with Crippen molar-refractivity contribution in [1.82, 2.24) is 5.32 Å². The quantitative estimate of drug-likeness (QED) is 0.740. The molecule has 0 unspecified atom stereocenters. The van der Waals surface area contributed by atoms with Crippen LogP contribution in [0.25, 0.3) is 0 Å². The summed E-state index contributed by atoms with van der Waals surface area (Å²) in [7, 11) is 0. The second-order valence-electron chi connectivity index (χ2n) is 5.40. The molecule has 1 fully saturated rings. The molecule has 1 aliphatic carbocycles. The van der Waals surface area contributed by atoms with Gasteiger partial charge in [0.2, 0.25) is 0 Å². The molecule has 20 heavy (non-hydrogen) atoms. The van der Waals surface area contributed by atoms with Gasteiger partial charge in [0.25, 0.3) is 0 Å². The SMILES string of the molecule is Fc1ccc(Br)c(CNCCCOC2CCCCC2)c1. The lowest BCUT2D eigenvalue weighted by Crippen LogP contribution is -2.20. The van der Waals surface area contributed by atoms with E-state index in [2.05, 4.69) is 21.2 Å². The van der Waals surface area contributed by atoms with Crippen molar-refractivity contribution in [2.75, 3.05) is 13.2 Å². The molecular formula is C16H23BrFNO. The van der Waals surface area contributed by atoms with E-state index in [1.165, 1.54) is 38.2 Å². The second kappa shape index (κ2) is 8.75. The van der Waals surface area contributed by atoms with Crippen LogP contribution in [0, 0.1) is 5.82 Å². The molecule has 0 spiro atoms. The maximum Gasteiger partial charge on any atom is 0.123 e. The van der Waals surface area contributed by atoms with E-state index >= 15 is 0 Å². The molecule has 0 saturated heterocycles. The van der Waals surface area contributed by atoms with Gasteiger partial charge in [-0.25, -0.2) is 4.39 Å². The van der Waals surface area contributed by atoms with Gasteiger partial charge in [0.05, 0.1) is 6.10 Å². The van der Waals surface area contributed by atoms with Crippen molar-refractivity contribution in [2.24, 2.45) is 0 Å². The molecule has 0 atom stereocenters. The zero-order valence-corrected chi connectivity index (χ0v) is 13.4. The molecule has 0 heterocycles. The molecule has 1 aliphatic rings. The number of rotatable bonds is 7. The summed E-state index contributed by atoms with van der Waals surface area (Å²) in [6, 6.07) is 4.78. The largest absolute Gasteiger partial charge is 0.378 e. The van der Waals surface area contributed by atoms with Crippen LogP contribution in [-0.2, 0) is 11.3 Å². The first kappa shape index (κ1) is 15.9. The van der Waals surface area contributed by atoms with Crippen molar-refractivity contribution in [3.8, 4) is 0 Å². The van der Waals surface area contributed by atoms with Crippen molar-refractivity contribution < 1.29 is 9.13 Å². The average molecular weight is 344 g/mol. The number of benzene rings is 1. The number of nitrogens with one attached hydrogen (secondary N) is 1. The molecule has 1 aromatic carbocycles. The van der Waals surface area contributed by atoms with E-state index in [1.807, 2.05) is 0 Å². The fourth-order valence-corrected chi connectivity index (χ4v) is 2.97. The van der Waals surface area contributed by atoms with Crippen molar-refractivity contribution in [3.05, 3.63) is 34.1 Å². The normalized spacial score (nSPS) is 16.5. The summed E-state index contributed by atoms with van der Waals surface area (Å²) in [6.45, 7) is 2.40. The van der Waals surface area contributed by atoms with Crippen LogP contribution < -0.4 is 5.32 Å². The maximum absolute atomic E-state index is 13.1. The van der Waals surface area contributed by atoms with Gasteiger partial charge in [-0.05, 0) is 49.6 Å². The average Bonchev–Trinajstić information content (AvgIpc) is 2.47. The van der Waals surface area contributed by atoms with Crippen LogP contribution in [0.15, 0.2) is 22.7 Å². The molecule has 0 aromatic heterocycles. The molecule has 112 valence electrons. The Morgan fingerprint density at radius 3 is 2.85 bits per heavy atom. The molecule has 0 aliphatic heterocycles. The maximum atomic E-state index is 13.1. The third-order valence-corrected chi connectivity index (χ3v) is 4.50. The van der Waals surface area contributed by atoms with Crippen molar-refractivity contribution in [2.45, 2.75) is 51.2 Å². The van der Waals surface area contributed by atoms with Crippen LogP contribution in [-0.4, -0.2) is 19.3 Å². The summed E-state index contributed by atoms with van der Waals surface area (Å²) in [5, 5.41) is 3.33. The lowest BCUT2D eigenvalue weighted by atomic mass is 9.98. The van der Waals surface area contributed by atoms with Crippen molar-refractivity contribution in [3.63, 3.8) is 0 Å². The molecule has 1 saturated carbocycles. The van der Waals surface area contributed by atoms with Gasteiger partial charge < -0.3 is 10.1 Å². The highest BCUT2D eigenvalue weighted by molar-refractivity contribution is 9.10. The summed E-state index contributed by atoms with van der Waals surface area (Å²) >= 11 is 3.43. The van der Waals surface area contributed by atoms with Gasteiger partial charge in [0.1, 0.15) is 5.82 Å². The first-order chi connectivity index (χ1) is 9.75. The minimum atomic E-state index is -0.189. The van der Waals surface area contributed by atoms with E-state index in [0.717, 1.165) is 29.6 Å². The minimum Gasteiger partial charge on any atom is -0.378 e. The predicted molar refractivity (Wildman–Crippen MR) is 83.2 cm³/mol. The molecule has 2 rings (SSSR count). The third kappa shape index (κ3) is 5.51. The van der Waals surface area contributed by atoms with Crippen LogP contribution in [0.2, 0.25) is 0 Å². The first-order valence-corrected chi connectivity index (χ1v) is 8.31. The molecule has 0 amide bonds. The Morgan fingerprint density at radius 1 is 1.25 bits per heavy atom. The molecule has 2 nitrogen and oxygen atoms in total. The van der Waals surface area contributed by atoms with Crippen molar-refractivity contribution >= 4 is 15.9 Å². The fourth-order valence-electron chi connectivity index (χ4n) is 2.58. The van der Waals surface area contributed by atoms with Gasteiger partial charge in [0, 0.05) is 17.6 Å². The van der Waals surface area contributed by atoms with Crippen LogP contribution in [0.5, 0.6) is 0 Å². The first-order valence-electron chi connectivity index (χ1n) is 7.52. The Kier molecular flexibility index (Phi) is 6.97. The Balaban J connectivity index is 1.56. The molecule has 1 N–H and O–H groups in total. The van der Waals surface area contributed by atoms with Gasteiger partial charge in [0.15, 0.2) is 0 Å². The van der Waals surface area contributed by atoms with Crippen LogP contribution in [0.4, 0.5) is 4.39 Å². The highest BCUT2D eigenvalue weighted by atomic mass is 79.9. The van der Waals surface area contributed by atoms with Gasteiger partial charge in [-0.3, -0.25) is 0 Å². The summed E-state index contributed by atoms with van der Waals surface area (Å²) in [6.07, 6.45) is 7.94. The number of ether oxygens (including phenoxy) is 1. The molecular weight excluding hydrogens is 321 g/mol. The zero-order chi connectivity index (χ0) is 14.2. The summed E-state index contributed by atoms with van der Waals surface area (Å²) in [5.74, 6) is -0.189. The van der Waals surface area contributed by atoms with Gasteiger partial charge >= 0.3 is 0 Å². The Bertz CT molecular complexity index is 407. The topological polar surface area (TPSA) is 21.3 Å². The standard InChI is InChI=1S/C16H23BrFNO/c17-16-8-7-14(18)11-13(16)12-19-9-4-10-20-15-5-2-1-3-6-15/h7-8,11,15,19H,1-6,9-10,12H2. The molecule has 0 radical (unpaired) electrons. The summed E-state index contributed by atoms with van der Waals surface area (Å²) in [4.78, 5) is 0. The second-order valence-corrected chi connectivity index (χ2v) is 6.25. The third-order valence-electron chi connectivity index (χ3n) is 3.73. The van der Waals surface area contributed by atoms with E-state index in [-0.39, 0.29) is 5.82 Å². The number of hydrogen-bond acceptors (Lipinski definition) is 2. The number of hydrogen-bond donors (Lipinski definition) is 1.